The summed E-state index contributed by atoms with van der Waals surface area (Å²) in [5, 5.41) is 9.21. The quantitative estimate of drug-likeness (QED) is 0.620. The van der Waals surface area contributed by atoms with Crippen LogP contribution in [0.1, 0.15) is 13.8 Å². The number of anilines is 1. The van der Waals surface area contributed by atoms with Crippen LogP contribution in [0.25, 0.3) is 0 Å². The Labute approximate surface area is 119 Å². The lowest BCUT2D eigenvalue weighted by Crippen LogP contribution is -2.50. The Kier molecular flexibility index (Phi) is 4.59. The molecule has 0 bridgehead atoms. The van der Waals surface area contributed by atoms with Crippen LogP contribution in [0.5, 0.6) is 0 Å². The molecule has 106 valence electrons. The van der Waals surface area contributed by atoms with Crippen molar-refractivity contribution < 1.29 is 9.53 Å². The number of carbonyl (C=O) groups excluding carboxylic acids is 1. The van der Waals surface area contributed by atoms with Crippen molar-refractivity contribution in [2.24, 2.45) is 0 Å². The fourth-order valence-corrected chi connectivity index (χ4v) is 2.41. The zero-order valence-electron chi connectivity index (χ0n) is 11.8. The highest BCUT2D eigenvalue weighted by atomic mass is 16.5. The summed E-state index contributed by atoms with van der Waals surface area (Å²) >= 11 is 0. The van der Waals surface area contributed by atoms with Gasteiger partial charge < -0.3 is 9.64 Å². The van der Waals surface area contributed by atoms with E-state index in [1.165, 1.54) is 4.90 Å². The molecule has 1 aromatic carbocycles. The highest BCUT2D eigenvalue weighted by Crippen LogP contribution is 2.14. The lowest BCUT2D eigenvalue weighted by Gasteiger charge is -2.35. The minimum absolute atomic E-state index is 0.0370. The summed E-state index contributed by atoms with van der Waals surface area (Å²) in [6.45, 7) is 5.14. The molecule has 0 aliphatic carbocycles. The second-order valence-corrected chi connectivity index (χ2v) is 5.08. The molecule has 0 radical (unpaired) electrons. The van der Waals surface area contributed by atoms with Gasteiger partial charge in [-0.3, -0.25) is 9.69 Å². The molecule has 2 rings (SSSR count). The lowest BCUT2D eigenvalue weighted by molar-refractivity contribution is -0.141. The third-order valence-electron chi connectivity index (χ3n) is 3.25. The molecule has 2 atom stereocenters. The fraction of sp³-hybridized carbons (Fsp3) is 0.467. The van der Waals surface area contributed by atoms with Crippen molar-refractivity contribution in [1.82, 2.24) is 4.90 Å². The molecule has 0 unspecified atom stereocenters. The van der Waals surface area contributed by atoms with Crippen molar-refractivity contribution in [3.05, 3.63) is 30.3 Å². The summed E-state index contributed by atoms with van der Waals surface area (Å²) in [5.41, 5.74) is 0.734. The number of hydrogen-bond donors (Lipinski definition) is 0. The normalized spacial score (nSPS) is 22.1. The molecular formula is C15H19N3O2. The first-order chi connectivity index (χ1) is 9.60. The van der Waals surface area contributed by atoms with Crippen molar-refractivity contribution in [2.75, 3.05) is 24.5 Å². The van der Waals surface area contributed by atoms with E-state index in [-0.39, 0.29) is 24.7 Å². The highest BCUT2D eigenvalue weighted by molar-refractivity contribution is 5.82. The van der Waals surface area contributed by atoms with E-state index in [2.05, 4.69) is 6.19 Å². The van der Waals surface area contributed by atoms with Gasteiger partial charge in [-0.05, 0) is 26.0 Å². The molecule has 20 heavy (non-hydrogen) atoms. The van der Waals surface area contributed by atoms with Crippen molar-refractivity contribution in [1.29, 1.82) is 5.26 Å². The van der Waals surface area contributed by atoms with Gasteiger partial charge in [-0.25, -0.2) is 0 Å². The number of morpholine rings is 1. The van der Waals surface area contributed by atoms with E-state index in [0.717, 1.165) is 5.69 Å². The van der Waals surface area contributed by atoms with E-state index < -0.39 is 0 Å². The fourth-order valence-electron chi connectivity index (χ4n) is 2.41. The number of ether oxygens (including phenoxy) is 1. The van der Waals surface area contributed by atoms with Gasteiger partial charge in [0.05, 0.1) is 17.9 Å². The molecule has 0 spiro atoms. The Morgan fingerprint density at radius 2 is 1.95 bits per heavy atom. The van der Waals surface area contributed by atoms with Crippen LogP contribution in [0.15, 0.2) is 30.3 Å². The van der Waals surface area contributed by atoms with Crippen LogP contribution in [0.3, 0.4) is 0 Å². The van der Waals surface area contributed by atoms with Crippen LogP contribution in [-0.2, 0) is 9.53 Å². The molecule has 0 saturated carbocycles. The summed E-state index contributed by atoms with van der Waals surface area (Å²) in [6, 6.07) is 9.22. The van der Waals surface area contributed by atoms with Crippen molar-refractivity contribution in [2.45, 2.75) is 26.1 Å². The summed E-state index contributed by atoms with van der Waals surface area (Å²) < 4.78 is 5.61. The van der Waals surface area contributed by atoms with Gasteiger partial charge in [0, 0.05) is 13.1 Å². The maximum Gasteiger partial charge on any atom is 0.243 e. The molecule has 5 heteroatoms. The molecule has 1 saturated heterocycles. The Bertz CT molecular complexity index is 488. The predicted molar refractivity (Wildman–Crippen MR) is 76.0 cm³/mol. The zero-order chi connectivity index (χ0) is 14.5. The van der Waals surface area contributed by atoms with E-state index in [0.29, 0.717) is 13.1 Å². The zero-order valence-corrected chi connectivity index (χ0v) is 11.8. The molecule has 0 aromatic heterocycles. The third kappa shape index (κ3) is 3.49. The van der Waals surface area contributed by atoms with Crippen LogP contribution < -0.4 is 4.90 Å². The summed E-state index contributed by atoms with van der Waals surface area (Å²) in [7, 11) is 0. The molecule has 1 aliphatic heterocycles. The lowest BCUT2D eigenvalue weighted by atomic mass is 10.2. The highest BCUT2D eigenvalue weighted by Gasteiger charge is 2.26. The van der Waals surface area contributed by atoms with Gasteiger partial charge >= 0.3 is 0 Å². The first-order valence-electron chi connectivity index (χ1n) is 6.75. The second kappa shape index (κ2) is 6.40. The molecule has 1 amide bonds. The summed E-state index contributed by atoms with van der Waals surface area (Å²) in [4.78, 5) is 15.5. The maximum absolute atomic E-state index is 12.3. The Morgan fingerprint density at radius 3 is 2.50 bits per heavy atom. The Morgan fingerprint density at radius 1 is 1.35 bits per heavy atom. The second-order valence-electron chi connectivity index (χ2n) is 5.08. The van der Waals surface area contributed by atoms with Crippen LogP contribution in [0, 0.1) is 11.5 Å². The van der Waals surface area contributed by atoms with Gasteiger partial charge in [-0.2, -0.15) is 5.26 Å². The number of nitriles is 1. The number of benzene rings is 1. The summed E-state index contributed by atoms with van der Waals surface area (Å²) in [5.74, 6) is -0.0441. The molecular weight excluding hydrogens is 254 g/mol. The Balaban J connectivity index is 2.01. The van der Waals surface area contributed by atoms with E-state index in [1.807, 2.05) is 44.2 Å². The first kappa shape index (κ1) is 14.4. The largest absolute Gasteiger partial charge is 0.372 e. The van der Waals surface area contributed by atoms with Gasteiger partial charge in [0.25, 0.3) is 0 Å². The van der Waals surface area contributed by atoms with Crippen LogP contribution in [-0.4, -0.2) is 42.6 Å². The summed E-state index contributed by atoms with van der Waals surface area (Å²) in [6.07, 6.45) is 2.14. The third-order valence-corrected chi connectivity index (χ3v) is 3.25. The van der Waals surface area contributed by atoms with E-state index in [1.54, 1.807) is 4.90 Å². The molecule has 1 fully saturated rings. The minimum Gasteiger partial charge on any atom is -0.372 e. The number of hydrogen-bond acceptors (Lipinski definition) is 4. The SMILES string of the molecule is C[C@@H]1CN(C(=O)CN(C#N)c2ccccc2)C[C@H](C)O1. The van der Waals surface area contributed by atoms with Gasteiger partial charge in [-0.15, -0.1) is 0 Å². The monoisotopic (exact) mass is 273 g/mol. The number of para-hydroxylation sites is 1. The molecule has 5 nitrogen and oxygen atoms in total. The van der Waals surface area contributed by atoms with Crippen LogP contribution in [0.4, 0.5) is 5.69 Å². The average molecular weight is 273 g/mol. The predicted octanol–water partition coefficient (Wildman–Crippen LogP) is 1.61. The van der Waals surface area contributed by atoms with E-state index in [4.69, 9.17) is 4.74 Å². The number of nitrogens with zero attached hydrogens (tertiary/aromatic N) is 3. The number of carbonyl (C=O) groups is 1. The van der Waals surface area contributed by atoms with E-state index >= 15 is 0 Å². The molecule has 0 N–H and O–H groups in total. The first-order valence-corrected chi connectivity index (χ1v) is 6.75. The molecule has 1 heterocycles. The average Bonchev–Trinajstić information content (AvgIpc) is 2.44. The number of amides is 1. The maximum atomic E-state index is 12.3. The van der Waals surface area contributed by atoms with Gasteiger partial charge in [0.15, 0.2) is 6.19 Å². The smallest absolute Gasteiger partial charge is 0.243 e. The van der Waals surface area contributed by atoms with E-state index in [9.17, 15) is 10.1 Å². The van der Waals surface area contributed by atoms with Crippen molar-refractivity contribution in [3.8, 4) is 6.19 Å². The van der Waals surface area contributed by atoms with Gasteiger partial charge in [0.2, 0.25) is 5.91 Å². The van der Waals surface area contributed by atoms with Crippen molar-refractivity contribution >= 4 is 11.6 Å². The standard InChI is InChI=1S/C15H19N3O2/c1-12-8-17(9-13(2)20-12)15(19)10-18(11-16)14-6-4-3-5-7-14/h3-7,12-13H,8-10H2,1-2H3/t12-,13+. The topological polar surface area (TPSA) is 56.6 Å². The molecule has 1 aliphatic rings. The Hall–Kier alpha value is -2.06. The number of rotatable bonds is 3. The molecule has 1 aromatic rings. The van der Waals surface area contributed by atoms with Crippen LogP contribution in [0.2, 0.25) is 0 Å². The van der Waals surface area contributed by atoms with Gasteiger partial charge in [-0.1, -0.05) is 18.2 Å². The van der Waals surface area contributed by atoms with Crippen LogP contribution >= 0.6 is 0 Å². The minimum atomic E-state index is -0.0441. The van der Waals surface area contributed by atoms with Crippen molar-refractivity contribution in [3.63, 3.8) is 0 Å². The van der Waals surface area contributed by atoms with Gasteiger partial charge in [0.1, 0.15) is 6.54 Å².